The lowest BCUT2D eigenvalue weighted by molar-refractivity contribution is -0.136. The second kappa shape index (κ2) is 5.85. The van der Waals surface area contributed by atoms with Crippen LogP contribution in [0.5, 0.6) is 0 Å². The van der Waals surface area contributed by atoms with Crippen molar-refractivity contribution in [3.63, 3.8) is 0 Å². The number of benzene rings is 2. The van der Waals surface area contributed by atoms with E-state index in [0.717, 1.165) is 18.2 Å². The van der Waals surface area contributed by atoms with Gasteiger partial charge < -0.3 is 5.32 Å². The van der Waals surface area contributed by atoms with Crippen LogP contribution in [0.2, 0.25) is 0 Å². The summed E-state index contributed by atoms with van der Waals surface area (Å²) < 4.78 is 52.4. The molecule has 2 aromatic carbocycles. The highest BCUT2D eigenvalue weighted by Gasteiger charge is 2.33. The van der Waals surface area contributed by atoms with Gasteiger partial charge in [-0.15, -0.1) is 0 Å². The van der Waals surface area contributed by atoms with Crippen LogP contribution < -0.4 is 5.32 Å². The largest absolute Gasteiger partial charge is 0.418 e. The zero-order chi connectivity index (χ0) is 15.6. The average molecular weight is 362 g/mol. The minimum atomic E-state index is -4.61. The molecule has 7 heteroatoms. The van der Waals surface area contributed by atoms with Gasteiger partial charge in [-0.05, 0) is 30.3 Å². The van der Waals surface area contributed by atoms with Gasteiger partial charge in [0.05, 0.1) is 16.8 Å². The van der Waals surface area contributed by atoms with Gasteiger partial charge in [0.15, 0.2) is 0 Å². The summed E-state index contributed by atoms with van der Waals surface area (Å²) in [5, 5.41) is 2.08. The van der Waals surface area contributed by atoms with Crippen molar-refractivity contribution in [1.29, 1.82) is 0 Å². The topological polar surface area (TPSA) is 29.1 Å². The normalized spacial score (nSPS) is 11.3. The van der Waals surface area contributed by atoms with Crippen LogP contribution in [0.4, 0.5) is 23.2 Å². The van der Waals surface area contributed by atoms with Crippen molar-refractivity contribution in [3.05, 3.63) is 63.9 Å². The Balaban J connectivity index is 2.35. The molecule has 0 atom stereocenters. The third kappa shape index (κ3) is 3.60. The van der Waals surface area contributed by atoms with Crippen molar-refractivity contribution in [3.8, 4) is 0 Å². The molecule has 0 aliphatic carbocycles. The van der Waals surface area contributed by atoms with Crippen LogP contribution in [0.25, 0.3) is 0 Å². The lowest BCUT2D eigenvalue weighted by atomic mass is 10.1. The molecule has 0 bridgehead atoms. The smallest absolute Gasteiger partial charge is 0.321 e. The van der Waals surface area contributed by atoms with Gasteiger partial charge in [0.1, 0.15) is 5.82 Å². The molecule has 0 heterocycles. The highest BCUT2D eigenvalue weighted by atomic mass is 79.9. The first kappa shape index (κ1) is 15.5. The number of hydrogen-bond donors (Lipinski definition) is 1. The number of carbonyl (C=O) groups is 1. The van der Waals surface area contributed by atoms with E-state index in [2.05, 4.69) is 21.2 Å². The Kier molecular flexibility index (Phi) is 4.32. The quantitative estimate of drug-likeness (QED) is 0.760. The SMILES string of the molecule is O=C(Nc1ccccc1C(F)(F)F)c1cc(Br)ccc1F. The molecule has 0 aromatic heterocycles. The van der Waals surface area contributed by atoms with Crippen LogP contribution in [0.15, 0.2) is 46.9 Å². The highest BCUT2D eigenvalue weighted by molar-refractivity contribution is 9.10. The molecule has 0 unspecified atom stereocenters. The first-order valence-electron chi connectivity index (χ1n) is 5.71. The summed E-state index contributed by atoms with van der Waals surface area (Å²) in [5.41, 5.74) is -1.76. The second-order valence-corrected chi connectivity index (χ2v) is 5.04. The van der Waals surface area contributed by atoms with Crippen LogP contribution in [0.3, 0.4) is 0 Å². The van der Waals surface area contributed by atoms with Crippen molar-refractivity contribution < 1.29 is 22.4 Å². The number of rotatable bonds is 2. The van der Waals surface area contributed by atoms with E-state index in [1.54, 1.807) is 0 Å². The zero-order valence-electron chi connectivity index (χ0n) is 10.3. The molecule has 0 saturated heterocycles. The summed E-state index contributed by atoms with van der Waals surface area (Å²) in [7, 11) is 0. The minimum Gasteiger partial charge on any atom is -0.321 e. The van der Waals surface area contributed by atoms with E-state index >= 15 is 0 Å². The first-order chi connectivity index (χ1) is 9.79. The maximum Gasteiger partial charge on any atom is 0.418 e. The average Bonchev–Trinajstić information content (AvgIpc) is 2.41. The van der Waals surface area contributed by atoms with Gasteiger partial charge in [0.2, 0.25) is 0 Å². The van der Waals surface area contributed by atoms with E-state index in [4.69, 9.17) is 0 Å². The molecule has 0 aliphatic heterocycles. The number of halogens is 5. The van der Waals surface area contributed by atoms with E-state index in [1.165, 1.54) is 24.3 Å². The van der Waals surface area contributed by atoms with E-state index < -0.39 is 29.2 Å². The molecular weight excluding hydrogens is 354 g/mol. The fourth-order valence-corrected chi connectivity index (χ4v) is 2.06. The van der Waals surface area contributed by atoms with Crippen LogP contribution in [0, 0.1) is 5.82 Å². The Morgan fingerprint density at radius 3 is 2.43 bits per heavy atom. The minimum absolute atomic E-state index is 0.346. The molecule has 0 fully saturated rings. The van der Waals surface area contributed by atoms with Gasteiger partial charge in [-0.25, -0.2) is 4.39 Å². The summed E-state index contributed by atoms with van der Waals surface area (Å²) in [6.07, 6.45) is -4.61. The van der Waals surface area contributed by atoms with Crippen molar-refractivity contribution in [1.82, 2.24) is 0 Å². The number of alkyl halides is 3. The number of carbonyl (C=O) groups excluding carboxylic acids is 1. The molecule has 0 saturated carbocycles. The Morgan fingerprint density at radius 2 is 1.76 bits per heavy atom. The number of amides is 1. The molecule has 2 rings (SSSR count). The molecule has 21 heavy (non-hydrogen) atoms. The summed E-state index contributed by atoms with van der Waals surface area (Å²) in [6, 6.07) is 8.13. The van der Waals surface area contributed by atoms with Gasteiger partial charge in [0, 0.05) is 4.47 Å². The predicted octanol–water partition coefficient (Wildman–Crippen LogP) is 4.86. The third-order valence-corrected chi connectivity index (χ3v) is 3.15. The number of nitrogens with one attached hydrogen (secondary N) is 1. The summed E-state index contributed by atoms with van der Waals surface area (Å²) in [6.45, 7) is 0. The van der Waals surface area contributed by atoms with Crippen molar-refractivity contribution in [2.75, 3.05) is 5.32 Å². The van der Waals surface area contributed by atoms with Gasteiger partial charge in [0.25, 0.3) is 5.91 Å². The molecule has 0 spiro atoms. The van der Waals surface area contributed by atoms with Crippen molar-refractivity contribution in [2.45, 2.75) is 6.18 Å². The van der Waals surface area contributed by atoms with Crippen molar-refractivity contribution >= 4 is 27.5 Å². The van der Waals surface area contributed by atoms with Crippen molar-refractivity contribution in [2.24, 2.45) is 0 Å². The fourth-order valence-electron chi connectivity index (χ4n) is 1.70. The molecule has 2 aromatic rings. The van der Waals surface area contributed by atoms with Gasteiger partial charge >= 0.3 is 6.18 Å². The first-order valence-corrected chi connectivity index (χ1v) is 6.51. The molecule has 1 N–H and O–H groups in total. The number of hydrogen-bond acceptors (Lipinski definition) is 1. The predicted molar refractivity (Wildman–Crippen MR) is 73.5 cm³/mol. The van der Waals surface area contributed by atoms with Gasteiger partial charge in [-0.2, -0.15) is 13.2 Å². The monoisotopic (exact) mass is 361 g/mol. The standard InChI is InChI=1S/C14H8BrF4NO/c15-8-5-6-11(16)9(7-8)13(21)20-12-4-2-1-3-10(12)14(17,18)19/h1-7H,(H,20,21). The van der Waals surface area contributed by atoms with Crippen LogP contribution in [0.1, 0.15) is 15.9 Å². The second-order valence-electron chi connectivity index (χ2n) is 4.12. The maximum atomic E-state index is 13.6. The van der Waals surface area contributed by atoms with E-state index in [-0.39, 0.29) is 5.56 Å². The highest BCUT2D eigenvalue weighted by Crippen LogP contribution is 2.34. The summed E-state index contributed by atoms with van der Waals surface area (Å²) in [5.74, 6) is -1.77. The lowest BCUT2D eigenvalue weighted by Gasteiger charge is -2.13. The number of para-hydroxylation sites is 1. The summed E-state index contributed by atoms with van der Waals surface area (Å²) >= 11 is 3.07. The Labute approximate surface area is 125 Å². The Bertz CT molecular complexity index is 685. The molecule has 1 amide bonds. The molecule has 2 nitrogen and oxygen atoms in total. The van der Waals surface area contributed by atoms with E-state index in [1.807, 2.05) is 0 Å². The molecule has 0 radical (unpaired) electrons. The maximum absolute atomic E-state index is 13.6. The van der Waals surface area contributed by atoms with E-state index in [0.29, 0.717) is 4.47 Å². The number of anilines is 1. The van der Waals surface area contributed by atoms with Crippen LogP contribution in [-0.4, -0.2) is 5.91 Å². The summed E-state index contributed by atoms with van der Waals surface area (Å²) in [4.78, 5) is 11.9. The molecule has 0 aliphatic rings. The lowest BCUT2D eigenvalue weighted by Crippen LogP contribution is -2.17. The van der Waals surface area contributed by atoms with Crippen LogP contribution in [-0.2, 0) is 6.18 Å². The van der Waals surface area contributed by atoms with Crippen LogP contribution >= 0.6 is 15.9 Å². The third-order valence-electron chi connectivity index (χ3n) is 2.65. The Hall–Kier alpha value is -1.89. The van der Waals surface area contributed by atoms with Gasteiger partial charge in [-0.3, -0.25) is 4.79 Å². The van der Waals surface area contributed by atoms with Gasteiger partial charge in [-0.1, -0.05) is 28.1 Å². The zero-order valence-corrected chi connectivity index (χ0v) is 11.9. The Morgan fingerprint density at radius 1 is 1.10 bits per heavy atom. The molecule has 110 valence electrons. The van der Waals surface area contributed by atoms with E-state index in [9.17, 15) is 22.4 Å². The fraction of sp³-hybridized carbons (Fsp3) is 0.0714. The molecular formula is C14H8BrF4NO.